The zero-order valence-corrected chi connectivity index (χ0v) is 25.1. The number of ether oxygens (including phenoxy) is 1. The SMILES string of the molecule is CC(C)(C)[Si](C)(C)OCCO[C@H]1CC[C@@]2(C)C(CC[C@@H]3[C@@H]2CC[C@@]2(C)[C@H]3CC[C@@]2(O)c2ccoc2)C1. The van der Waals surface area contributed by atoms with E-state index >= 15 is 0 Å². The van der Waals surface area contributed by atoms with Gasteiger partial charge in [0, 0.05) is 11.0 Å². The van der Waals surface area contributed by atoms with E-state index in [0.29, 0.717) is 17.4 Å². The van der Waals surface area contributed by atoms with Gasteiger partial charge in [0.1, 0.15) is 0 Å². The summed E-state index contributed by atoms with van der Waals surface area (Å²) < 4.78 is 18.2. The second-order valence-electron chi connectivity index (χ2n) is 14.9. The van der Waals surface area contributed by atoms with Gasteiger partial charge in [0.25, 0.3) is 0 Å². The van der Waals surface area contributed by atoms with Crippen molar-refractivity contribution in [2.75, 3.05) is 13.2 Å². The molecule has 4 nitrogen and oxygen atoms in total. The van der Waals surface area contributed by atoms with Crippen molar-refractivity contribution in [3.63, 3.8) is 0 Å². The summed E-state index contributed by atoms with van der Waals surface area (Å²) in [5.41, 5.74) is 0.663. The van der Waals surface area contributed by atoms with Gasteiger partial charge in [-0.15, -0.1) is 0 Å². The van der Waals surface area contributed by atoms with Gasteiger partial charge in [-0.05, 0) is 111 Å². The van der Waals surface area contributed by atoms with Crippen LogP contribution in [0, 0.1) is 34.5 Å². The molecule has 4 fully saturated rings. The molecule has 0 saturated heterocycles. The molecule has 8 atom stereocenters. The van der Waals surface area contributed by atoms with Crippen molar-refractivity contribution in [2.45, 2.75) is 122 Å². The molecule has 1 N–H and O–H groups in total. The lowest BCUT2D eigenvalue weighted by atomic mass is 9.44. The van der Waals surface area contributed by atoms with Gasteiger partial charge in [-0.3, -0.25) is 0 Å². The van der Waals surface area contributed by atoms with Gasteiger partial charge in [-0.2, -0.15) is 0 Å². The molecule has 0 aliphatic heterocycles. The van der Waals surface area contributed by atoms with Crippen LogP contribution in [-0.2, 0) is 14.8 Å². The molecule has 0 radical (unpaired) electrons. The van der Waals surface area contributed by atoms with E-state index in [2.05, 4.69) is 47.7 Å². The molecule has 1 unspecified atom stereocenters. The number of furan rings is 1. The first kappa shape index (κ1) is 27.0. The van der Waals surface area contributed by atoms with Gasteiger partial charge in [0.2, 0.25) is 0 Å². The molecular formula is C31H52O4Si. The number of aliphatic hydroxyl groups is 1. The van der Waals surface area contributed by atoms with Gasteiger partial charge in [-0.25, -0.2) is 0 Å². The quantitative estimate of drug-likeness (QED) is 0.308. The fraction of sp³-hybridized carbons (Fsp3) is 0.871. The zero-order chi connectivity index (χ0) is 26.0. The monoisotopic (exact) mass is 516 g/mol. The Kier molecular flexibility index (Phi) is 6.92. The van der Waals surface area contributed by atoms with Crippen molar-refractivity contribution in [3.8, 4) is 0 Å². The molecule has 1 aromatic rings. The van der Waals surface area contributed by atoms with Crippen molar-refractivity contribution in [3.05, 3.63) is 24.2 Å². The minimum absolute atomic E-state index is 0.0360. The smallest absolute Gasteiger partial charge is 0.192 e. The molecule has 4 aliphatic carbocycles. The third kappa shape index (κ3) is 4.19. The van der Waals surface area contributed by atoms with E-state index in [9.17, 15) is 5.11 Å². The highest BCUT2D eigenvalue weighted by atomic mass is 28.4. The summed E-state index contributed by atoms with van der Waals surface area (Å²) in [6, 6.07) is 2.00. The third-order valence-electron chi connectivity index (χ3n) is 12.5. The number of hydrogen-bond donors (Lipinski definition) is 1. The van der Waals surface area contributed by atoms with Crippen molar-refractivity contribution in [1.82, 2.24) is 0 Å². The lowest BCUT2D eigenvalue weighted by Crippen LogP contribution is -2.56. The Balaban J connectivity index is 1.20. The fourth-order valence-corrected chi connectivity index (χ4v) is 10.1. The summed E-state index contributed by atoms with van der Waals surface area (Å²) in [7, 11) is -1.70. The van der Waals surface area contributed by atoms with Crippen molar-refractivity contribution >= 4 is 8.32 Å². The minimum Gasteiger partial charge on any atom is -0.472 e. The average Bonchev–Trinajstić information content (AvgIpc) is 3.44. The molecule has 4 saturated carbocycles. The Bertz CT molecular complexity index is 906. The Hall–Kier alpha value is -0.623. The summed E-state index contributed by atoms with van der Waals surface area (Å²) in [4.78, 5) is 0. The molecule has 5 rings (SSSR count). The van der Waals surface area contributed by atoms with Crippen LogP contribution in [-0.4, -0.2) is 32.7 Å². The van der Waals surface area contributed by atoms with Crippen LogP contribution in [0.15, 0.2) is 23.0 Å². The Morgan fingerprint density at radius 1 is 1.00 bits per heavy atom. The van der Waals surface area contributed by atoms with Gasteiger partial charge in [-0.1, -0.05) is 34.6 Å². The Labute approximate surface area is 221 Å². The highest BCUT2D eigenvalue weighted by Gasteiger charge is 2.65. The Morgan fingerprint density at radius 3 is 2.44 bits per heavy atom. The first-order valence-corrected chi connectivity index (χ1v) is 17.7. The molecule has 204 valence electrons. The van der Waals surface area contributed by atoms with Gasteiger partial charge in [0.15, 0.2) is 8.32 Å². The first-order chi connectivity index (χ1) is 16.8. The van der Waals surface area contributed by atoms with Crippen LogP contribution in [0.2, 0.25) is 18.1 Å². The summed E-state index contributed by atoms with van der Waals surface area (Å²) in [6.07, 6.45) is 14.7. The molecule has 1 heterocycles. The molecule has 0 amide bonds. The van der Waals surface area contributed by atoms with E-state index in [4.69, 9.17) is 13.6 Å². The molecular weight excluding hydrogens is 464 g/mol. The van der Waals surface area contributed by atoms with Crippen LogP contribution in [0.5, 0.6) is 0 Å². The summed E-state index contributed by atoms with van der Waals surface area (Å²) in [5, 5.41) is 12.2. The molecule has 1 aromatic heterocycles. The maximum absolute atomic E-state index is 11.9. The van der Waals surface area contributed by atoms with Crippen molar-refractivity contribution in [2.24, 2.45) is 34.5 Å². The summed E-state index contributed by atoms with van der Waals surface area (Å²) in [5.74, 6) is 2.94. The maximum atomic E-state index is 11.9. The van der Waals surface area contributed by atoms with Gasteiger partial charge < -0.3 is 18.7 Å². The van der Waals surface area contributed by atoms with Crippen LogP contribution in [0.25, 0.3) is 0 Å². The summed E-state index contributed by atoms with van der Waals surface area (Å²) in [6.45, 7) is 18.0. The second kappa shape index (κ2) is 9.24. The van der Waals surface area contributed by atoms with E-state index in [1.165, 1.54) is 38.5 Å². The second-order valence-corrected chi connectivity index (χ2v) is 19.7. The van der Waals surface area contributed by atoms with Crippen LogP contribution in [0.3, 0.4) is 0 Å². The summed E-state index contributed by atoms with van der Waals surface area (Å²) >= 11 is 0. The number of hydrogen-bond acceptors (Lipinski definition) is 4. The maximum Gasteiger partial charge on any atom is 0.192 e. The van der Waals surface area contributed by atoms with E-state index in [0.717, 1.165) is 55.8 Å². The molecule has 5 heteroatoms. The molecule has 0 bridgehead atoms. The van der Waals surface area contributed by atoms with E-state index in [1.54, 1.807) is 12.5 Å². The lowest BCUT2D eigenvalue weighted by molar-refractivity contribution is -0.165. The van der Waals surface area contributed by atoms with Gasteiger partial charge in [0.05, 0.1) is 37.4 Å². The Morgan fingerprint density at radius 2 is 1.75 bits per heavy atom. The lowest BCUT2D eigenvalue weighted by Gasteiger charge is -2.61. The van der Waals surface area contributed by atoms with Crippen LogP contribution in [0.4, 0.5) is 0 Å². The predicted molar refractivity (Wildman–Crippen MR) is 147 cm³/mol. The fourth-order valence-electron chi connectivity index (χ4n) is 9.09. The van der Waals surface area contributed by atoms with Crippen LogP contribution >= 0.6 is 0 Å². The topological polar surface area (TPSA) is 51.8 Å². The molecule has 0 spiro atoms. The van der Waals surface area contributed by atoms with E-state index < -0.39 is 13.9 Å². The van der Waals surface area contributed by atoms with Crippen molar-refractivity contribution in [1.29, 1.82) is 0 Å². The van der Waals surface area contributed by atoms with E-state index in [1.807, 2.05) is 6.07 Å². The standard InChI is InChI=1S/C31H52O4Si/c1-28(2,3)36(6,7)35-19-18-34-24-10-14-29(4)22(20-24)8-9-25-26(29)11-15-30(5)27(25)12-16-31(30,32)23-13-17-33-21-23/h13,17,21-22,24-27,32H,8-12,14-16,18-20H2,1-7H3/t22?,24-,25+,26-,27-,29-,30-,31+/m0/s1. The zero-order valence-electron chi connectivity index (χ0n) is 24.1. The molecule has 0 aromatic carbocycles. The third-order valence-corrected chi connectivity index (χ3v) is 17.0. The predicted octanol–water partition coefficient (Wildman–Crippen LogP) is 7.92. The number of fused-ring (bicyclic) bond motifs is 5. The van der Waals surface area contributed by atoms with Gasteiger partial charge >= 0.3 is 0 Å². The van der Waals surface area contributed by atoms with E-state index in [-0.39, 0.29) is 10.5 Å². The molecule has 4 aliphatic rings. The first-order valence-electron chi connectivity index (χ1n) is 14.8. The molecule has 36 heavy (non-hydrogen) atoms. The minimum atomic E-state index is -1.70. The number of rotatable bonds is 6. The largest absolute Gasteiger partial charge is 0.472 e. The normalized spacial score (nSPS) is 43.1. The van der Waals surface area contributed by atoms with Crippen LogP contribution in [0.1, 0.15) is 98.0 Å². The van der Waals surface area contributed by atoms with Crippen LogP contribution < -0.4 is 0 Å². The van der Waals surface area contributed by atoms with Crippen molar-refractivity contribution < 1.29 is 18.7 Å². The highest BCUT2D eigenvalue weighted by Crippen LogP contribution is 2.70. The average molecular weight is 517 g/mol. The highest BCUT2D eigenvalue weighted by molar-refractivity contribution is 6.74.